The Morgan fingerprint density at radius 2 is 2.23 bits per heavy atom. The van der Waals surface area contributed by atoms with Crippen LogP contribution in [0.5, 0.6) is 0 Å². The second-order valence-corrected chi connectivity index (χ2v) is 9.21. The van der Waals surface area contributed by atoms with E-state index in [9.17, 15) is 17.6 Å². The first-order valence-electron chi connectivity index (χ1n) is 9.10. The van der Waals surface area contributed by atoms with Gasteiger partial charge in [-0.3, -0.25) is 9.69 Å². The molecule has 1 N–H and O–H groups in total. The van der Waals surface area contributed by atoms with Gasteiger partial charge in [-0.05, 0) is 31.0 Å². The molecule has 6 nitrogen and oxygen atoms in total. The first-order chi connectivity index (χ1) is 12.4. The third kappa shape index (κ3) is 4.42. The molecular formula is C18H26FN3O3S. The van der Waals surface area contributed by atoms with Crippen molar-refractivity contribution < 1.29 is 17.6 Å². The highest BCUT2D eigenvalue weighted by Crippen LogP contribution is 2.24. The molecule has 2 heterocycles. The fourth-order valence-electron chi connectivity index (χ4n) is 3.90. The number of carbonyl (C=O) groups is 1. The van der Waals surface area contributed by atoms with Crippen LogP contribution in [0.25, 0.3) is 0 Å². The molecule has 0 bridgehead atoms. The zero-order valence-electron chi connectivity index (χ0n) is 15.0. The Balaban J connectivity index is 1.71. The second kappa shape index (κ2) is 8.02. The lowest BCUT2D eigenvalue weighted by atomic mass is 10.0. The number of nitrogens with one attached hydrogen (secondary N) is 1. The van der Waals surface area contributed by atoms with Gasteiger partial charge in [0.05, 0.1) is 18.1 Å². The van der Waals surface area contributed by atoms with Gasteiger partial charge in [-0.2, -0.15) is 0 Å². The minimum Gasteiger partial charge on any atom is -0.338 e. The smallest absolute Gasteiger partial charge is 0.237 e. The molecule has 0 spiro atoms. The lowest BCUT2D eigenvalue weighted by Crippen LogP contribution is -2.52. The van der Waals surface area contributed by atoms with Crippen molar-refractivity contribution in [3.63, 3.8) is 0 Å². The van der Waals surface area contributed by atoms with E-state index in [1.807, 2.05) is 13.0 Å². The summed E-state index contributed by atoms with van der Waals surface area (Å²) in [6, 6.07) is 6.17. The van der Waals surface area contributed by atoms with Crippen LogP contribution in [-0.4, -0.2) is 74.4 Å². The van der Waals surface area contributed by atoms with E-state index >= 15 is 0 Å². The van der Waals surface area contributed by atoms with Crippen LogP contribution in [-0.2, 0) is 14.6 Å². The zero-order chi connectivity index (χ0) is 18.7. The summed E-state index contributed by atoms with van der Waals surface area (Å²) in [5.41, 5.74) is 0.844. The minimum atomic E-state index is -3.03. The van der Waals surface area contributed by atoms with E-state index in [0.29, 0.717) is 26.1 Å². The number of piperazine rings is 1. The summed E-state index contributed by atoms with van der Waals surface area (Å²) in [4.78, 5) is 16.6. The maximum atomic E-state index is 13.6. The van der Waals surface area contributed by atoms with Gasteiger partial charge in [0.1, 0.15) is 5.82 Å². The van der Waals surface area contributed by atoms with Crippen LogP contribution in [0.4, 0.5) is 4.39 Å². The van der Waals surface area contributed by atoms with Gasteiger partial charge in [-0.15, -0.1) is 0 Å². The van der Waals surface area contributed by atoms with Gasteiger partial charge in [0.25, 0.3) is 0 Å². The average molecular weight is 383 g/mol. The Bertz CT molecular complexity index is 756. The van der Waals surface area contributed by atoms with Crippen LogP contribution in [0.2, 0.25) is 0 Å². The van der Waals surface area contributed by atoms with Crippen LogP contribution >= 0.6 is 0 Å². The lowest BCUT2D eigenvalue weighted by molar-refractivity contribution is -0.134. The molecule has 1 aromatic rings. The molecular weight excluding hydrogens is 357 g/mol. The number of hydrogen-bond acceptors (Lipinski definition) is 5. The Kier molecular flexibility index (Phi) is 5.94. The number of likely N-dealkylation sites (N-methyl/N-ethyl adjacent to an activating group) is 1. The molecule has 1 aromatic carbocycles. The van der Waals surface area contributed by atoms with Crippen LogP contribution in [0.15, 0.2) is 24.3 Å². The molecule has 0 aliphatic carbocycles. The van der Waals surface area contributed by atoms with Gasteiger partial charge in [0.15, 0.2) is 9.84 Å². The van der Waals surface area contributed by atoms with Gasteiger partial charge in [-0.25, -0.2) is 12.8 Å². The standard InChI is InChI=1S/C18H26FN3O3S/c1-2-22(16-6-9-26(24,25)13-16)18(23)12-21-8-7-20-11-17(21)14-4-3-5-15(19)10-14/h3-5,10,16-17,20H,2,6-9,11-13H2,1H3. The number of benzene rings is 1. The maximum Gasteiger partial charge on any atom is 0.237 e. The Hall–Kier alpha value is -1.51. The number of nitrogens with zero attached hydrogens (tertiary/aromatic N) is 2. The monoisotopic (exact) mass is 383 g/mol. The molecule has 26 heavy (non-hydrogen) atoms. The molecule has 8 heteroatoms. The molecule has 144 valence electrons. The number of hydrogen-bond donors (Lipinski definition) is 1. The first-order valence-corrected chi connectivity index (χ1v) is 10.9. The highest BCUT2D eigenvalue weighted by atomic mass is 32.2. The zero-order valence-corrected chi connectivity index (χ0v) is 15.8. The Morgan fingerprint density at radius 3 is 2.88 bits per heavy atom. The minimum absolute atomic E-state index is 0.0570. The second-order valence-electron chi connectivity index (χ2n) is 6.98. The maximum absolute atomic E-state index is 13.6. The van der Waals surface area contributed by atoms with E-state index in [1.165, 1.54) is 12.1 Å². The highest BCUT2D eigenvalue weighted by molar-refractivity contribution is 7.91. The molecule has 2 atom stereocenters. The molecule has 2 aliphatic heterocycles. The normalized spacial score (nSPS) is 25.9. The van der Waals surface area contributed by atoms with E-state index in [0.717, 1.165) is 12.1 Å². The number of amides is 1. The van der Waals surface area contributed by atoms with Crippen molar-refractivity contribution in [3.05, 3.63) is 35.6 Å². The third-order valence-electron chi connectivity index (χ3n) is 5.24. The SMILES string of the molecule is CCN(C(=O)CN1CCNCC1c1cccc(F)c1)C1CCS(=O)(=O)C1. The van der Waals surface area contributed by atoms with Crippen molar-refractivity contribution >= 4 is 15.7 Å². The van der Waals surface area contributed by atoms with Crippen LogP contribution in [0.1, 0.15) is 24.9 Å². The van der Waals surface area contributed by atoms with Gasteiger partial charge in [0.2, 0.25) is 5.91 Å². The van der Waals surface area contributed by atoms with E-state index in [1.54, 1.807) is 11.0 Å². The van der Waals surface area contributed by atoms with Gasteiger partial charge in [-0.1, -0.05) is 12.1 Å². The summed E-state index contributed by atoms with van der Waals surface area (Å²) in [5.74, 6) is -0.133. The fraction of sp³-hybridized carbons (Fsp3) is 0.611. The summed E-state index contributed by atoms with van der Waals surface area (Å²) >= 11 is 0. The fourth-order valence-corrected chi connectivity index (χ4v) is 5.63. The molecule has 2 aliphatic rings. The molecule has 2 unspecified atom stereocenters. The predicted octanol–water partition coefficient (Wildman–Crippen LogP) is 0.808. The molecule has 0 saturated carbocycles. The van der Waals surface area contributed by atoms with Gasteiger partial charge < -0.3 is 10.2 Å². The average Bonchev–Trinajstić information content (AvgIpc) is 2.95. The predicted molar refractivity (Wildman–Crippen MR) is 98.0 cm³/mol. The van der Waals surface area contributed by atoms with Crippen molar-refractivity contribution in [2.75, 3.05) is 44.2 Å². The van der Waals surface area contributed by atoms with Gasteiger partial charge >= 0.3 is 0 Å². The molecule has 3 rings (SSSR count). The van der Waals surface area contributed by atoms with Crippen molar-refractivity contribution in [3.8, 4) is 0 Å². The number of sulfone groups is 1. The van der Waals surface area contributed by atoms with E-state index in [-0.39, 0.29) is 41.9 Å². The summed E-state index contributed by atoms with van der Waals surface area (Å²) in [6.07, 6.45) is 0.511. The van der Waals surface area contributed by atoms with Crippen LogP contribution < -0.4 is 5.32 Å². The summed E-state index contributed by atoms with van der Waals surface area (Å²) in [5, 5.41) is 3.30. The van der Waals surface area contributed by atoms with E-state index in [2.05, 4.69) is 10.2 Å². The number of carbonyl (C=O) groups excluding carboxylic acids is 1. The topological polar surface area (TPSA) is 69.7 Å². The Morgan fingerprint density at radius 1 is 1.42 bits per heavy atom. The first kappa shape index (κ1) is 19.3. The number of halogens is 1. The molecule has 0 radical (unpaired) electrons. The lowest BCUT2D eigenvalue weighted by Gasteiger charge is -2.38. The van der Waals surface area contributed by atoms with Gasteiger partial charge in [0, 0.05) is 38.3 Å². The molecule has 0 aromatic heterocycles. The van der Waals surface area contributed by atoms with Crippen LogP contribution in [0.3, 0.4) is 0 Å². The summed E-state index contributed by atoms with van der Waals surface area (Å²) in [6.45, 7) is 4.70. The molecule has 2 fully saturated rings. The largest absolute Gasteiger partial charge is 0.338 e. The van der Waals surface area contributed by atoms with Crippen LogP contribution in [0, 0.1) is 5.82 Å². The highest BCUT2D eigenvalue weighted by Gasteiger charge is 2.35. The summed E-state index contributed by atoms with van der Waals surface area (Å²) < 4.78 is 37.1. The van der Waals surface area contributed by atoms with E-state index in [4.69, 9.17) is 0 Å². The summed E-state index contributed by atoms with van der Waals surface area (Å²) in [7, 11) is -3.03. The van der Waals surface area contributed by atoms with Crippen molar-refractivity contribution in [2.24, 2.45) is 0 Å². The number of rotatable bonds is 5. The Labute approximate surface area is 154 Å². The van der Waals surface area contributed by atoms with Crippen molar-refractivity contribution in [2.45, 2.75) is 25.4 Å². The third-order valence-corrected chi connectivity index (χ3v) is 6.99. The quantitative estimate of drug-likeness (QED) is 0.815. The molecule has 2 saturated heterocycles. The molecule has 1 amide bonds. The van der Waals surface area contributed by atoms with E-state index < -0.39 is 9.84 Å². The van der Waals surface area contributed by atoms with Crippen molar-refractivity contribution in [1.82, 2.24) is 15.1 Å². The van der Waals surface area contributed by atoms with Crippen molar-refractivity contribution in [1.29, 1.82) is 0 Å².